The van der Waals surface area contributed by atoms with Gasteiger partial charge in [-0.05, 0) is 43.4 Å². The number of nitrogens with zero attached hydrogens (tertiary/aromatic N) is 2. The van der Waals surface area contributed by atoms with Crippen molar-refractivity contribution < 1.29 is 4.79 Å². The molecule has 2 amide bonds. The van der Waals surface area contributed by atoms with Crippen molar-refractivity contribution in [3.8, 4) is 0 Å². The van der Waals surface area contributed by atoms with Crippen molar-refractivity contribution in [1.82, 2.24) is 15.2 Å². The fourth-order valence-electron chi connectivity index (χ4n) is 2.42. The second kappa shape index (κ2) is 7.77. The molecule has 4 nitrogen and oxygen atoms in total. The summed E-state index contributed by atoms with van der Waals surface area (Å²) in [7, 11) is 0. The van der Waals surface area contributed by atoms with Crippen molar-refractivity contribution in [3.63, 3.8) is 0 Å². The highest BCUT2D eigenvalue weighted by Crippen LogP contribution is 2.09. The molecule has 0 unspecified atom stereocenters. The van der Waals surface area contributed by atoms with Gasteiger partial charge in [0.15, 0.2) is 0 Å². The number of pyridine rings is 1. The third-order valence-corrected chi connectivity index (χ3v) is 3.56. The molecule has 0 atom stereocenters. The lowest BCUT2D eigenvalue weighted by Gasteiger charge is -2.20. The lowest BCUT2D eigenvalue weighted by molar-refractivity contribution is 0.200. The number of hydrogen-bond donors (Lipinski definition) is 1. The van der Waals surface area contributed by atoms with Gasteiger partial charge in [-0.1, -0.05) is 12.8 Å². The Labute approximate surface area is 115 Å². The smallest absolute Gasteiger partial charge is 0.317 e. The molecule has 0 radical (unpaired) electrons. The number of carbonyl (C=O) groups is 1. The fraction of sp³-hybridized carbons (Fsp3) is 0.600. The van der Waals surface area contributed by atoms with Crippen molar-refractivity contribution >= 4 is 6.03 Å². The van der Waals surface area contributed by atoms with E-state index in [-0.39, 0.29) is 6.03 Å². The highest BCUT2D eigenvalue weighted by molar-refractivity contribution is 5.74. The molecule has 1 aliphatic heterocycles. The first kappa shape index (κ1) is 13.8. The Morgan fingerprint density at radius 1 is 1.16 bits per heavy atom. The SMILES string of the molecule is O=C(NCCCc1ccncc1)N1CCCCCC1. The number of aromatic nitrogens is 1. The monoisotopic (exact) mass is 261 g/mol. The summed E-state index contributed by atoms with van der Waals surface area (Å²) in [5.74, 6) is 0. The van der Waals surface area contributed by atoms with Crippen molar-refractivity contribution in [2.75, 3.05) is 19.6 Å². The Hall–Kier alpha value is -1.58. The van der Waals surface area contributed by atoms with Gasteiger partial charge in [-0.15, -0.1) is 0 Å². The van der Waals surface area contributed by atoms with Crippen LogP contribution in [0.2, 0.25) is 0 Å². The van der Waals surface area contributed by atoms with Crippen molar-refractivity contribution in [2.45, 2.75) is 38.5 Å². The van der Waals surface area contributed by atoms with Crippen LogP contribution in [0, 0.1) is 0 Å². The van der Waals surface area contributed by atoms with Crippen molar-refractivity contribution in [3.05, 3.63) is 30.1 Å². The lowest BCUT2D eigenvalue weighted by Crippen LogP contribution is -2.40. The standard InChI is InChI=1S/C15H23N3O/c19-15(18-12-3-1-2-4-13-18)17-9-5-6-14-7-10-16-11-8-14/h7-8,10-11H,1-6,9,12-13H2,(H,17,19). The van der Waals surface area contributed by atoms with E-state index in [1.807, 2.05) is 29.4 Å². The number of urea groups is 1. The molecule has 19 heavy (non-hydrogen) atoms. The molecule has 2 heterocycles. The molecule has 1 aliphatic rings. The summed E-state index contributed by atoms with van der Waals surface area (Å²) in [6.45, 7) is 2.57. The van der Waals surface area contributed by atoms with Gasteiger partial charge in [-0.25, -0.2) is 4.79 Å². The zero-order valence-corrected chi connectivity index (χ0v) is 11.5. The van der Waals surface area contributed by atoms with E-state index in [9.17, 15) is 4.79 Å². The Balaban J connectivity index is 1.63. The zero-order valence-electron chi connectivity index (χ0n) is 11.5. The quantitative estimate of drug-likeness (QED) is 0.847. The highest BCUT2D eigenvalue weighted by Gasteiger charge is 2.14. The number of carbonyl (C=O) groups excluding carboxylic acids is 1. The minimum atomic E-state index is 0.108. The number of rotatable bonds is 4. The van der Waals surface area contributed by atoms with Gasteiger partial charge in [0.05, 0.1) is 0 Å². The molecule has 0 spiro atoms. The maximum atomic E-state index is 12.0. The van der Waals surface area contributed by atoms with Crippen LogP contribution >= 0.6 is 0 Å². The van der Waals surface area contributed by atoms with Crippen LogP contribution in [0.3, 0.4) is 0 Å². The van der Waals surface area contributed by atoms with E-state index in [2.05, 4.69) is 10.3 Å². The van der Waals surface area contributed by atoms with Crippen LogP contribution in [0.15, 0.2) is 24.5 Å². The third kappa shape index (κ3) is 4.89. The second-order valence-corrected chi connectivity index (χ2v) is 5.09. The minimum absolute atomic E-state index is 0.108. The molecule has 0 saturated carbocycles. The van der Waals surface area contributed by atoms with Crippen LogP contribution in [0.25, 0.3) is 0 Å². The van der Waals surface area contributed by atoms with Gasteiger partial charge in [0, 0.05) is 32.0 Å². The average Bonchev–Trinajstić information content (AvgIpc) is 2.73. The Morgan fingerprint density at radius 2 is 1.84 bits per heavy atom. The first-order valence-corrected chi connectivity index (χ1v) is 7.28. The van der Waals surface area contributed by atoms with Crippen LogP contribution < -0.4 is 5.32 Å². The molecule has 0 aliphatic carbocycles. The summed E-state index contributed by atoms with van der Waals surface area (Å²) >= 11 is 0. The van der Waals surface area contributed by atoms with E-state index in [1.165, 1.54) is 18.4 Å². The van der Waals surface area contributed by atoms with Gasteiger partial charge in [-0.3, -0.25) is 4.98 Å². The molecule has 1 aromatic rings. The van der Waals surface area contributed by atoms with Crippen LogP contribution in [0.4, 0.5) is 4.79 Å². The van der Waals surface area contributed by atoms with Gasteiger partial charge in [-0.2, -0.15) is 0 Å². The number of likely N-dealkylation sites (tertiary alicyclic amines) is 1. The number of aryl methyl sites for hydroxylation is 1. The van der Waals surface area contributed by atoms with Gasteiger partial charge in [0.2, 0.25) is 0 Å². The molecule has 2 rings (SSSR count). The van der Waals surface area contributed by atoms with Crippen LogP contribution in [-0.4, -0.2) is 35.5 Å². The maximum absolute atomic E-state index is 12.0. The van der Waals surface area contributed by atoms with Crippen molar-refractivity contribution in [2.24, 2.45) is 0 Å². The van der Waals surface area contributed by atoms with E-state index in [0.717, 1.165) is 45.3 Å². The maximum Gasteiger partial charge on any atom is 0.317 e. The van der Waals surface area contributed by atoms with E-state index < -0.39 is 0 Å². The highest BCUT2D eigenvalue weighted by atomic mass is 16.2. The van der Waals surface area contributed by atoms with Crippen molar-refractivity contribution in [1.29, 1.82) is 0 Å². The first-order chi connectivity index (χ1) is 9.36. The predicted molar refractivity (Wildman–Crippen MR) is 76.0 cm³/mol. The van der Waals surface area contributed by atoms with Gasteiger partial charge in [0.1, 0.15) is 0 Å². The summed E-state index contributed by atoms with van der Waals surface area (Å²) in [5, 5.41) is 3.02. The molecular formula is C15H23N3O. The summed E-state index contributed by atoms with van der Waals surface area (Å²) in [6.07, 6.45) is 10.4. The summed E-state index contributed by atoms with van der Waals surface area (Å²) in [4.78, 5) is 17.9. The minimum Gasteiger partial charge on any atom is -0.338 e. The molecule has 4 heteroatoms. The summed E-state index contributed by atoms with van der Waals surface area (Å²) < 4.78 is 0. The molecule has 104 valence electrons. The molecule has 1 saturated heterocycles. The zero-order chi connectivity index (χ0) is 13.3. The Kier molecular flexibility index (Phi) is 5.66. The molecule has 1 aromatic heterocycles. The molecule has 1 fully saturated rings. The molecule has 0 aromatic carbocycles. The van der Waals surface area contributed by atoms with E-state index >= 15 is 0 Å². The normalized spacial score (nSPS) is 15.9. The Morgan fingerprint density at radius 3 is 2.53 bits per heavy atom. The van der Waals surface area contributed by atoms with E-state index in [1.54, 1.807) is 0 Å². The Bertz CT molecular complexity index is 372. The van der Waals surface area contributed by atoms with Crippen LogP contribution in [0.1, 0.15) is 37.7 Å². The number of hydrogen-bond acceptors (Lipinski definition) is 2. The lowest BCUT2D eigenvalue weighted by atomic mass is 10.1. The van der Waals surface area contributed by atoms with Crippen LogP contribution in [-0.2, 0) is 6.42 Å². The number of amides is 2. The molecule has 1 N–H and O–H groups in total. The topological polar surface area (TPSA) is 45.2 Å². The molecule has 0 bridgehead atoms. The van der Waals surface area contributed by atoms with Gasteiger partial charge in [0.25, 0.3) is 0 Å². The summed E-state index contributed by atoms with van der Waals surface area (Å²) in [5.41, 5.74) is 1.28. The average molecular weight is 261 g/mol. The first-order valence-electron chi connectivity index (χ1n) is 7.28. The van der Waals surface area contributed by atoms with E-state index in [4.69, 9.17) is 0 Å². The largest absolute Gasteiger partial charge is 0.338 e. The summed E-state index contributed by atoms with van der Waals surface area (Å²) in [6, 6.07) is 4.16. The fourth-order valence-corrected chi connectivity index (χ4v) is 2.42. The number of nitrogens with one attached hydrogen (secondary N) is 1. The molecular weight excluding hydrogens is 238 g/mol. The second-order valence-electron chi connectivity index (χ2n) is 5.09. The predicted octanol–water partition coefficient (Wildman–Crippen LogP) is 2.60. The van der Waals surface area contributed by atoms with E-state index in [0.29, 0.717) is 0 Å². The third-order valence-electron chi connectivity index (χ3n) is 3.56. The van der Waals surface area contributed by atoms with Gasteiger partial charge < -0.3 is 10.2 Å². The van der Waals surface area contributed by atoms with Crippen LogP contribution in [0.5, 0.6) is 0 Å². The van der Waals surface area contributed by atoms with Gasteiger partial charge >= 0.3 is 6.03 Å².